The summed E-state index contributed by atoms with van der Waals surface area (Å²) in [6.07, 6.45) is 3.65. The Morgan fingerprint density at radius 3 is 2.76 bits per heavy atom. The number of nitrogens with one attached hydrogen (secondary N) is 2. The van der Waals surface area contributed by atoms with E-state index in [0.29, 0.717) is 35.8 Å². The van der Waals surface area contributed by atoms with Crippen LogP contribution in [-0.4, -0.2) is 24.8 Å². The molecule has 1 atom stereocenters. The van der Waals surface area contributed by atoms with Crippen LogP contribution in [0.15, 0.2) is 82.6 Å². The number of para-hydroxylation sites is 4. The van der Waals surface area contributed by atoms with Crippen molar-refractivity contribution in [3.05, 3.63) is 84.0 Å². The van der Waals surface area contributed by atoms with Gasteiger partial charge in [0.1, 0.15) is 17.6 Å². The number of hydrogen-bond acceptors (Lipinski definition) is 6. The third kappa shape index (κ3) is 4.17. The number of allylic oxidation sites excluding steroid dienone is 1. The molecule has 0 radical (unpaired) electrons. The first-order valence-corrected chi connectivity index (χ1v) is 11.6. The van der Waals surface area contributed by atoms with Crippen LogP contribution in [0.2, 0.25) is 0 Å². The van der Waals surface area contributed by atoms with Crippen molar-refractivity contribution in [1.29, 1.82) is 0 Å². The number of rotatable bonds is 6. The number of hydrogen-bond donors (Lipinski definition) is 2. The maximum Gasteiger partial charge on any atom is 0.244 e. The number of nitrogens with zero attached hydrogens (tertiary/aromatic N) is 1. The zero-order valence-corrected chi connectivity index (χ0v) is 19.0. The second kappa shape index (κ2) is 9.47. The number of fused-ring (bicyclic) bond motifs is 1. The molecule has 1 aromatic heterocycles. The summed E-state index contributed by atoms with van der Waals surface area (Å²) in [5, 5.41) is 6.47. The molecule has 2 aromatic carbocycles. The number of ether oxygens (including phenoxy) is 1. The van der Waals surface area contributed by atoms with Crippen molar-refractivity contribution in [3.63, 3.8) is 0 Å². The van der Waals surface area contributed by atoms with Gasteiger partial charge in [-0.25, -0.2) is 0 Å². The van der Waals surface area contributed by atoms with Crippen molar-refractivity contribution < 1.29 is 18.7 Å². The van der Waals surface area contributed by atoms with Crippen LogP contribution >= 0.6 is 0 Å². The molecule has 1 aliphatic heterocycles. The minimum Gasteiger partial charge on any atom is -0.492 e. The van der Waals surface area contributed by atoms with Crippen molar-refractivity contribution in [3.8, 4) is 5.75 Å². The lowest BCUT2D eigenvalue weighted by molar-refractivity contribution is -0.117. The third-order valence-electron chi connectivity index (χ3n) is 6.13. The number of Topliss-reactive ketones (excluding diaryl/α,β-unsaturated/α-hetero) is 1. The highest BCUT2D eigenvalue weighted by Gasteiger charge is 2.38. The van der Waals surface area contributed by atoms with E-state index in [1.165, 1.54) is 0 Å². The lowest BCUT2D eigenvalue weighted by Crippen LogP contribution is -2.38. The van der Waals surface area contributed by atoms with E-state index in [0.717, 1.165) is 29.9 Å². The smallest absolute Gasteiger partial charge is 0.244 e. The third-order valence-corrected chi connectivity index (χ3v) is 6.13. The van der Waals surface area contributed by atoms with Crippen LogP contribution in [0.5, 0.6) is 5.75 Å². The number of ketones is 1. The van der Waals surface area contributed by atoms with E-state index < -0.39 is 6.04 Å². The molecule has 7 nitrogen and oxygen atoms in total. The average Bonchev–Trinajstić information content (AvgIpc) is 3.32. The molecule has 0 saturated carbocycles. The molecule has 2 heterocycles. The van der Waals surface area contributed by atoms with E-state index in [4.69, 9.17) is 9.15 Å². The van der Waals surface area contributed by atoms with Crippen molar-refractivity contribution in [2.24, 2.45) is 0 Å². The van der Waals surface area contributed by atoms with Gasteiger partial charge in [-0.05, 0) is 56.2 Å². The molecule has 34 heavy (non-hydrogen) atoms. The molecular formula is C27H27N3O4. The fraction of sp³-hybridized carbons (Fsp3) is 0.259. The first kappa shape index (κ1) is 21.8. The number of carbonyl (C=O) groups is 2. The summed E-state index contributed by atoms with van der Waals surface area (Å²) in [6, 6.07) is 18.3. The standard InChI is InChI=1S/C27H27N3O4/c1-2-33-23-14-6-4-10-19(23)29-25(32)17-30-21-12-5-3-9-18(21)28-20-11-7-13-22(31)26(20)27(30)24-15-8-16-34-24/h3-6,8-10,12,14-16,27-28H,2,7,11,13,17H2,1H3,(H,29,32)/t27-/m0/s1. The second-order valence-corrected chi connectivity index (χ2v) is 8.33. The molecule has 174 valence electrons. The summed E-state index contributed by atoms with van der Waals surface area (Å²) in [5.41, 5.74) is 3.87. The van der Waals surface area contributed by atoms with Crippen LogP contribution in [0.3, 0.4) is 0 Å². The van der Waals surface area contributed by atoms with Gasteiger partial charge < -0.3 is 24.7 Å². The maximum atomic E-state index is 13.4. The highest BCUT2D eigenvalue weighted by Crippen LogP contribution is 2.44. The van der Waals surface area contributed by atoms with Crippen molar-refractivity contribution in [2.75, 3.05) is 28.7 Å². The predicted octanol–water partition coefficient (Wildman–Crippen LogP) is 5.30. The first-order valence-electron chi connectivity index (χ1n) is 11.6. The molecule has 0 saturated heterocycles. The van der Waals surface area contributed by atoms with Crippen LogP contribution < -0.4 is 20.3 Å². The van der Waals surface area contributed by atoms with Gasteiger partial charge in [0.05, 0.1) is 36.5 Å². The lowest BCUT2D eigenvalue weighted by atomic mass is 9.88. The van der Waals surface area contributed by atoms with Gasteiger partial charge in [-0.1, -0.05) is 24.3 Å². The topological polar surface area (TPSA) is 83.8 Å². The van der Waals surface area contributed by atoms with Crippen LogP contribution in [0, 0.1) is 0 Å². The monoisotopic (exact) mass is 457 g/mol. The van der Waals surface area contributed by atoms with Gasteiger partial charge in [-0.3, -0.25) is 9.59 Å². The molecular weight excluding hydrogens is 430 g/mol. The molecule has 5 rings (SSSR count). The van der Waals surface area contributed by atoms with E-state index in [1.807, 2.05) is 72.5 Å². The zero-order valence-electron chi connectivity index (χ0n) is 19.0. The van der Waals surface area contributed by atoms with Gasteiger partial charge in [0, 0.05) is 17.7 Å². The van der Waals surface area contributed by atoms with E-state index in [2.05, 4.69) is 10.6 Å². The summed E-state index contributed by atoms with van der Waals surface area (Å²) in [6.45, 7) is 2.42. The molecule has 2 aliphatic rings. The summed E-state index contributed by atoms with van der Waals surface area (Å²) in [4.78, 5) is 28.5. The number of amides is 1. The lowest BCUT2D eigenvalue weighted by Gasteiger charge is -2.33. The Kier molecular flexibility index (Phi) is 6.08. The van der Waals surface area contributed by atoms with Gasteiger partial charge in [0.15, 0.2) is 5.78 Å². The molecule has 0 fully saturated rings. The summed E-state index contributed by atoms with van der Waals surface area (Å²) in [7, 11) is 0. The molecule has 0 bridgehead atoms. The Hall–Kier alpha value is -4.00. The van der Waals surface area contributed by atoms with Gasteiger partial charge in [0.25, 0.3) is 0 Å². The van der Waals surface area contributed by atoms with E-state index in [1.54, 1.807) is 6.26 Å². The van der Waals surface area contributed by atoms with Gasteiger partial charge in [0.2, 0.25) is 5.91 Å². The minimum absolute atomic E-state index is 0.0224. The number of benzene rings is 2. The van der Waals surface area contributed by atoms with Crippen molar-refractivity contribution in [1.82, 2.24) is 0 Å². The van der Waals surface area contributed by atoms with Crippen LogP contribution in [0.25, 0.3) is 0 Å². The van der Waals surface area contributed by atoms with Gasteiger partial charge in [-0.15, -0.1) is 0 Å². The van der Waals surface area contributed by atoms with E-state index in [-0.39, 0.29) is 18.2 Å². The largest absolute Gasteiger partial charge is 0.492 e. The zero-order chi connectivity index (χ0) is 23.5. The Labute approximate surface area is 198 Å². The first-order chi connectivity index (χ1) is 16.7. The number of anilines is 3. The highest BCUT2D eigenvalue weighted by atomic mass is 16.5. The molecule has 0 unspecified atom stereocenters. The van der Waals surface area contributed by atoms with Crippen LogP contribution in [0.1, 0.15) is 38.0 Å². The highest BCUT2D eigenvalue weighted by molar-refractivity contribution is 6.02. The van der Waals surface area contributed by atoms with Gasteiger partial charge in [-0.2, -0.15) is 0 Å². The van der Waals surface area contributed by atoms with E-state index >= 15 is 0 Å². The normalized spacial score (nSPS) is 17.4. The second-order valence-electron chi connectivity index (χ2n) is 8.33. The molecule has 1 aliphatic carbocycles. The van der Waals surface area contributed by atoms with Gasteiger partial charge >= 0.3 is 0 Å². The SMILES string of the molecule is CCOc1ccccc1NC(=O)CN1c2ccccc2NC2=C(C(=O)CCC2)[C@@H]1c1ccco1. The summed E-state index contributed by atoms with van der Waals surface area (Å²) >= 11 is 0. The Morgan fingerprint density at radius 1 is 1.12 bits per heavy atom. The Morgan fingerprint density at radius 2 is 1.94 bits per heavy atom. The number of furan rings is 1. The molecule has 0 spiro atoms. The van der Waals surface area contributed by atoms with Crippen LogP contribution in [0.4, 0.5) is 17.1 Å². The van der Waals surface area contributed by atoms with E-state index in [9.17, 15) is 9.59 Å². The fourth-order valence-electron chi connectivity index (χ4n) is 4.71. The Bertz CT molecular complexity index is 1230. The van der Waals surface area contributed by atoms with Crippen molar-refractivity contribution >= 4 is 28.8 Å². The minimum atomic E-state index is -0.512. The fourth-order valence-corrected chi connectivity index (χ4v) is 4.71. The van der Waals surface area contributed by atoms with Crippen molar-refractivity contribution in [2.45, 2.75) is 32.2 Å². The molecule has 1 amide bonds. The Balaban J connectivity index is 1.55. The molecule has 2 N–H and O–H groups in total. The number of carbonyl (C=O) groups excluding carboxylic acids is 2. The average molecular weight is 458 g/mol. The molecule has 7 heteroatoms. The van der Waals surface area contributed by atoms with Crippen LogP contribution in [-0.2, 0) is 9.59 Å². The summed E-state index contributed by atoms with van der Waals surface area (Å²) < 4.78 is 11.5. The predicted molar refractivity (Wildman–Crippen MR) is 131 cm³/mol. The summed E-state index contributed by atoms with van der Waals surface area (Å²) in [5.74, 6) is 1.11. The quantitative estimate of drug-likeness (QED) is 0.523. The molecule has 3 aromatic rings. The maximum absolute atomic E-state index is 13.4.